The van der Waals surface area contributed by atoms with Crippen molar-refractivity contribution in [3.63, 3.8) is 0 Å². The van der Waals surface area contributed by atoms with Crippen molar-refractivity contribution in [2.45, 2.75) is 19.4 Å². The zero-order chi connectivity index (χ0) is 15.4. The van der Waals surface area contributed by atoms with Gasteiger partial charge in [-0.1, -0.05) is 12.1 Å². The Morgan fingerprint density at radius 3 is 2.50 bits per heavy atom. The van der Waals surface area contributed by atoms with Crippen molar-refractivity contribution in [1.82, 2.24) is 15.5 Å². The van der Waals surface area contributed by atoms with E-state index in [0.29, 0.717) is 6.54 Å². The van der Waals surface area contributed by atoms with Gasteiger partial charge < -0.3 is 10.2 Å². The molecule has 0 saturated carbocycles. The summed E-state index contributed by atoms with van der Waals surface area (Å²) in [6.07, 6.45) is 2.51. The quantitative estimate of drug-likeness (QED) is 0.892. The summed E-state index contributed by atoms with van der Waals surface area (Å²) in [6.45, 7) is 2.67. The number of carbonyl (C=O) groups is 1. The second-order valence-corrected chi connectivity index (χ2v) is 5.35. The summed E-state index contributed by atoms with van der Waals surface area (Å²) in [6, 6.07) is 10.9. The summed E-state index contributed by atoms with van der Waals surface area (Å²) in [4.78, 5) is 25.2. The molecule has 6 heteroatoms. The Kier molecular flexibility index (Phi) is 4.18. The van der Waals surface area contributed by atoms with Crippen LogP contribution in [0.1, 0.15) is 28.9 Å². The van der Waals surface area contributed by atoms with Gasteiger partial charge in [0.1, 0.15) is 5.69 Å². The highest BCUT2D eigenvalue weighted by Gasteiger charge is 2.12. The van der Waals surface area contributed by atoms with Crippen molar-refractivity contribution in [3.8, 4) is 0 Å². The average Bonchev–Trinajstić information content (AvgIpc) is 3.08. The number of carbonyl (C=O) groups excluding carboxylic acids is 1. The van der Waals surface area contributed by atoms with Crippen molar-refractivity contribution >= 4 is 11.6 Å². The van der Waals surface area contributed by atoms with Gasteiger partial charge in [-0.25, -0.2) is 5.10 Å². The Balaban J connectivity index is 1.57. The minimum atomic E-state index is -0.325. The lowest BCUT2D eigenvalue weighted by atomic mass is 10.2. The van der Waals surface area contributed by atoms with E-state index in [9.17, 15) is 9.59 Å². The minimum absolute atomic E-state index is 0.202. The van der Waals surface area contributed by atoms with Gasteiger partial charge in [0.2, 0.25) is 0 Å². The lowest BCUT2D eigenvalue weighted by Gasteiger charge is -2.17. The molecule has 2 N–H and O–H groups in total. The molecule has 0 atom stereocenters. The number of benzene rings is 1. The summed E-state index contributed by atoms with van der Waals surface area (Å²) in [5, 5.41) is 8.73. The number of hydrogen-bond acceptors (Lipinski definition) is 4. The Morgan fingerprint density at radius 2 is 1.86 bits per heavy atom. The molecule has 3 rings (SSSR count). The minimum Gasteiger partial charge on any atom is -0.372 e. The third-order valence-electron chi connectivity index (χ3n) is 3.77. The fraction of sp³-hybridized carbons (Fsp3) is 0.312. The SMILES string of the molecule is O=C(NCc1ccc(N2CCCC2)cc1)c1ccc(=O)[nH]n1. The van der Waals surface area contributed by atoms with Crippen LogP contribution in [0.25, 0.3) is 0 Å². The Bertz CT molecular complexity index is 682. The first kappa shape index (κ1) is 14.3. The van der Waals surface area contributed by atoms with Gasteiger partial charge in [0.15, 0.2) is 0 Å². The number of nitrogens with zero attached hydrogens (tertiary/aromatic N) is 2. The number of aromatic amines is 1. The molecule has 1 aromatic carbocycles. The van der Waals surface area contributed by atoms with Crippen LogP contribution in [0.2, 0.25) is 0 Å². The van der Waals surface area contributed by atoms with E-state index in [1.54, 1.807) is 0 Å². The largest absolute Gasteiger partial charge is 0.372 e. The van der Waals surface area contributed by atoms with Crippen molar-refractivity contribution in [1.29, 1.82) is 0 Å². The van der Waals surface area contributed by atoms with Crippen LogP contribution in [0.3, 0.4) is 0 Å². The monoisotopic (exact) mass is 298 g/mol. The molecular formula is C16H18N4O2. The zero-order valence-electron chi connectivity index (χ0n) is 12.2. The second-order valence-electron chi connectivity index (χ2n) is 5.35. The zero-order valence-corrected chi connectivity index (χ0v) is 12.2. The number of H-pyrrole nitrogens is 1. The van der Waals surface area contributed by atoms with Crippen LogP contribution in [-0.2, 0) is 6.54 Å². The smallest absolute Gasteiger partial charge is 0.271 e. The third-order valence-corrected chi connectivity index (χ3v) is 3.77. The number of amides is 1. The van der Waals surface area contributed by atoms with E-state index in [2.05, 4.69) is 32.5 Å². The first-order valence-electron chi connectivity index (χ1n) is 7.40. The van der Waals surface area contributed by atoms with Gasteiger partial charge in [-0.2, -0.15) is 5.10 Å². The first-order chi connectivity index (χ1) is 10.7. The average molecular weight is 298 g/mol. The highest BCUT2D eigenvalue weighted by Crippen LogP contribution is 2.20. The summed E-state index contributed by atoms with van der Waals surface area (Å²) in [5.74, 6) is -0.306. The molecule has 1 aliphatic heterocycles. The molecular weight excluding hydrogens is 280 g/mol. The Labute approximate surface area is 128 Å². The molecule has 0 bridgehead atoms. The molecule has 1 fully saturated rings. The maximum Gasteiger partial charge on any atom is 0.271 e. The molecule has 1 aromatic heterocycles. The number of hydrogen-bond donors (Lipinski definition) is 2. The van der Waals surface area contributed by atoms with E-state index < -0.39 is 0 Å². The molecule has 1 aliphatic rings. The normalized spacial score (nSPS) is 14.1. The van der Waals surface area contributed by atoms with Crippen LogP contribution in [0, 0.1) is 0 Å². The van der Waals surface area contributed by atoms with Crippen LogP contribution in [0.15, 0.2) is 41.2 Å². The van der Waals surface area contributed by atoms with Gasteiger partial charge in [-0.15, -0.1) is 0 Å². The molecule has 114 valence electrons. The number of aromatic nitrogens is 2. The maximum atomic E-state index is 11.9. The molecule has 0 aliphatic carbocycles. The molecule has 0 radical (unpaired) electrons. The molecule has 0 unspecified atom stereocenters. The highest BCUT2D eigenvalue weighted by atomic mass is 16.2. The lowest BCUT2D eigenvalue weighted by Crippen LogP contribution is -2.25. The van der Waals surface area contributed by atoms with Crippen molar-refractivity contribution in [3.05, 3.63) is 58.0 Å². The third kappa shape index (κ3) is 3.33. The summed E-state index contributed by atoms with van der Waals surface area (Å²) < 4.78 is 0. The van der Waals surface area contributed by atoms with Gasteiger partial charge in [-0.05, 0) is 36.6 Å². The second kappa shape index (κ2) is 6.43. The molecule has 6 nitrogen and oxygen atoms in total. The first-order valence-corrected chi connectivity index (χ1v) is 7.40. The summed E-state index contributed by atoms with van der Waals surface area (Å²) >= 11 is 0. The van der Waals surface area contributed by atoms with Gasteiger partial charge in [0, 0.05) is 31.4 Å². The highest BCUT2D eigenvalue weighted by molar-refractivity contribution is 5.91. The summed E-state index contributed by atoms with van der Waals surface area (Å²) in [7, 11) is 0. The van der Waals surface area contributed by atoms with Crippen LogP contribution in [-0.4, -0.2) is 29.2 Å². The van der Waals surface area contributed by atoms with E-state index in [0.717, 1.165) is 18.7 Å². The van der Waals surface area contributed by atoms with E-state index in [1.807, 2.05) is 12.1 Å². The summed E-state index contributed by atoms with van der Waals surface area (Å²) in [5.41, 5.74) is 2.14. The van der Waals surface area contributed by atoms with E-state index in [1.165, 1.54) is 30.7 Å². The fourth-order valence-corrected chi connectivity index (χ4v) is 2.54. The van der Waals surface area contributed by atoms with Gasteiger partial charge in [-0.3, -0.25) is 9.59 Å². The van der Waals surface area contributed by atoms with Crippen LogP contribution >= 0.6 is 0 Å². The predicted molar refractivity (Wildman–Crippen MR) is 83.9 cm³/mol. The van der Waals surface area contributed by atoms with E-state index >= 15 is 0 Å². The molecule has 1 amide bonds. The number of rotatable bonds is 4. The van der Waals surface area contributed by atoms with Crippen LogP contribution < -0.4 is 15.8 Å². The molecule has 2 aromatic rings. The predicted octanol–water partition coefficient (Wildman–Crippen LogP) is 1.30. The maximum absolute atomic E-state index is 11.9. The number of anilines is 1. The van der Waals surface area contributed by atoms with Gasteiger partial charge >= 0.3 is 0 Å². The molecule has 22 heavy (non-hydrogen) atoms. The van der Waals surface area contributed by atoms with Gasteiger partial charge in [0.05, 0.1) is 0 Å². The van der Waals surface area contributed by atoms with Crippen molar-refractivity contribution < 1.29 is 4.79 Å². The van der Waals surface area contributed by atoms with E-state index in [-0.39, 0.29) is 17.2 Å². The van der Waals surface area contributed by atoms with Crippen LogP contribution in [0.5, 0.6) is 0 Å². The topological polar surface area (TPSA) is 78.1 Å². The van der Waals surface area contributed by atoms with Crippen LogP contribution in [0.4, 0.5) is 5.69 Å². The standard InChI is InChI=1S/C16H18N4O2/c21-15-8-7-14(18-19-15)16(22)17-11-12-3-5-13(6-4-12)20-9-1-2-10-20/h3-8H,1-2,9-11H2,(H,17,22)(H,19,21). The fourth-order valence-electron chi connectivity index (χ4n) is 2.54. The van der Waals surface area contributed by atoms with Gasteiger partial charge in [0.25, 0.3) is 11.5 Å². The van der Waals surface area contributed by atoms with E-state index in [4.69, 9.17) is 0 Å². The molecule has 2 heterocycles. The Morgan fingerprint density at radius 1 is 1.14 bits per heavy atom. The van der Waals surface area contributed by atoms with Crippen molar-refractivity contribution in [2.24, 2.45) is 0 Å². The van der Waals surface area contributed by atoms with Crippen molar-refractivity contribution in [2.75, 3.05) is 18.0 Å². The molecule has 1 saturated heterocycles. The number of nitrogens with one attached hydrogen (secondary N) is 2. The lowest BCUT2D eigenvalue weighted by molar-refractivity contribution is 0.0945. The molecule has 0 spiro atoms. The Hall–Kier alpha value is -2.63.